The van der Waals surface area contributed by atoms with Gasteiger partial charge in [-0.3, -0.25) is 0 Å². The zero-order chi connectivity index (χ0) is 6.97. The first-order valence-electron chi connectivity index (χ1n) is 2.93. The molecule has 0 atom stereocenters. The summed E-state index contributed by atoms with van der Waals surface area (Å²) in [6, 6.07) is 5.78. The zero-order valence-corrected chi connectivity index (χ0v) is 10.2. The van der Waals surface area contributed by atoms with Crippen molar-refractivity contribution >= 4 is 23.5 Å². The Bertz CT molecular complexity index is 358. The first-order chi connectivity index (χ1) is 4.86. The largest absolute Gasteiger partial charge is 0.575 e. The van der Waals surface area contributed by atoms with E-state index in [4.69, 9.17) is 0 Å². The summed E-state index contributed by atoms with van der Waals surface area (Å²) < 4.78 is 0. The Kier molecular flexibility index (Phi) is 3.19. The van der Waals surface area contributed by atoms with Gasteiger partial charge >= 0.3 is 0 Å². The number of benzene rings is 1. The molecule has 0 fully saturated rings. The van der Waals surface area contributed by atoms with Crippen molar-refractivity contribution in [3.8, 4) is 0 Å². The van der Waals surface area contributed by atoms with E-state index in [1.165, 1.54) is 0 Å². The van der Waals surface area contributed by atoms with Crippen LogP contribution in [-0.4, -0.2) is 5.10 Å². The second-order valence-corrected chi connectivity index (χ2v) is 2.60. The summed E-state index contributed by atoms with van der Waals surface area (Å²) in [6.45, 7) is 0. The molecular formula is C7H5LaN2S-. The van der Waals surface area contributed by atoms with Gasteiger partial charge < -0.3 is 10.2 Å². The molecule has 0 spiro atoms. The van der Waals surface area contributed by atoms with Crippen molar-refractivity contribution in [1.82, 2.24) is 10.2 Å². The van der Waals surface area contributed by atoms with Crippen LogP contribution < -0.4 is 5.10 Å². The molecule has 1 radical (unpaired) electrons. The fraction of sp³-hybridized carbons (Fsp3) is 0. The quantitative estimate of drug-likeness (QED) is 0.743. The molecule has 53 valence electrons. The molecule has 1 heterocycles. The maximum Gasteiger partial charge on any atom is 0.00986 e. The monoisotopic (exact) mass is 288 g/mol. The standard InChI is InChI=1S/C7H5N2S.La/c10-6-2-1-5-4-8-9-7(5)3-6;/h1-4H,(H-,8,9,10);/q-1;. The van der Waals surface area contributed by atoms with Crippen LogP contribution >= 0.6 is 12.6 Å². The second kappa shape index (κ2) is 3.76. The summed E-state index contributed by atoms with van der Waals surface area (Å²) >= 11 is 4.17. The van der Waals surface area contributed by atoms with E-state index in [9.17, 15) is 0 Å². The fourth-order valence-corrected chi connectivity index (χ4v) is 1.08. The predicted octanol–water partition coefficient (Wildman–Crippen LogP) is 1.48. The van der Waals surface area contributed by atoms with Crippen molar-refractivity contribution < 1.29 is 35.6 Å². The minimum absolute atomic E-state index is 0. The molecule has 0 aliphatic carbocycles. The predicted molar refractivity (Wildman–Crippen MR) is 42.3 cm³/mol. The molecule has 0 aliphatic heterocycles. The van der Waals surface area contributed by atoms with Gasteiger partial charge in [0.2, 0.25) is 0 Å². The van der Waals surface area contributed by atoms with Crippen LogP contribution in [0.15, 0.2) is 29.3 Å². The van der Waals surface area contributed by atoms with Crippen LogP contribution in [0.4, 0.5) is 0 Å². The Hall–Kier alpha value is 0.235. The number of aromatic nitrogens is 2. The molecule has 0 amide bonds. The van der Waals surface area contributed by atoms with Gasteiger partial charge in [0.05, 0.1) is 0 Å². The fourth-order valence-electron chi connectivity index (χ4n) is 0.881. The van der Waals surface area contributed by atoms with E-state index in [-0.39, 0.29) is 35.6 Å². The van der Waals surface area contributed by atoms with E-state index in [2.05, 4.69) is 22.8 Å². The number of fused-ring (bicyclic) bond motifs is 1. The van der Waals surface area contributed by atoms with E-state index >= 15 is 0 Å². The van der Waals surface area contributed by atoms with Gasteiger partial charge in [-0.1, -0.05) is 12.1 Å². The summed E-state index contributed by atoms with van der Waals surface area (Å²) in [6.07, 6.45) is 1.74. The molecule has 0 bridgehead atoms. The van der Waals surface area contributed by atoms with Crippen LogP contribution in [-0.2, 0) is 0 Å². The third kappa shape index (κ3) is 1.88. The minimum Gasteiger partial charge on any atom is -0.575 e. The molecule has 11 heavy (non-hydrogen) atoms. The SMILES string of the molecule is Sc1ccc2cn[n-]c2c1.[La]. The van der Waals surface area contributed by atoms with Crippen LogP contribution in [0.25, 0.3) is 10.9 Å². The van der Waals surface area contributed by atoms with Gasteiger partial charge in [0, 0.05) is 46.7 Å². The van der Waals surface area contributed by atoms with Crippen molar-refractivity contribution in [2.24, 2.45) is 0 Å². The van der Waals surface area contributed by atoms with Gasteiger partial charge in [-0.25, -0.2) is 0 Å². The van der Waals surface area contributed by atoms with Gasteiger partial charge in [0.15, 0.2) is 0 Å². The topological polar surface area (TPSA) is 27.0 Å². The second-order valence-electron chi connectivity index (χ2n) is 2.09. The molecule has 0 N–H and O–H groups in total. The van der Waals surface area contributed by atoms with Crippen molar-refractivity contribution in [1.29, 1.82) is 0 Å². The van der Waals surface area contributed by atoms with E-state index in [0.29, 0.717) is 0 Å². The molecular weight excluding hydrogens is 283 g/mol. The molecule has 1 aromatic heterocycles. The smallest absolute Gasteiger partial charge is 0.00986 e. The van der Waals surface area contributed by atoms with Crippen LogP contribution in [0.3, 0.4) is 0 Å². The Balaban J connectivity index is 0.000000605. The van der Waals surface area contributed by atoms with Crippen LogP contribution in [0.1, 0.15) is 0 Å². The average Bonchev–Trinajstić information content (AvgIpc) is 2.33. The number of thiol groups is 1. The van der Waals surface area contributed by atoms with Crippen LogP contribution in [0.2, 0.25) is 0 Å². The number of hydrogen-bond acceptors (Lipinski definition) is 2. The van der Waals surface area contributed by atoms with E-state index in [1.54, 1.807) is 6.20 Å². The first kappa shape index (κ1) is 9.32. The van der Waals surface area contributed by atoms with Crippen molar-refractivity contribution in [3.05, 3.63) is 24.4 Å². The maximum atomic E-state index is 4.17. The van der Waals surface area contributed by atoms with E-state index in [0.717, 1.165) is 15.8 Å². The molecule has 0 unspecified atom stereocenters. The molecule has 0 saturated carbocycles. The molecule has 2 nitrogen and oxygen atoms in total. The summed E-state index contributed by atoms with van der Waals surface area (Å²) in [5, 5.41) is 8.71. The molecule has 1 aromatic carbocycles. The van der Waals surface area contributed by atoms with E-state index in [1.807, 2.05) is 18.2 Å². The minimum atomic E-state index is 0. The summed E-state index contributed by atoms with van der Waals surface area (Å²) in [5.41, 5.74) is 0.910. The van der Waals surface area contributed by atoms with Crippen molar-refractivity contribution in [2.75, 3.05) is 0 Å². The van der Waals surface area contributed by atoms with Crippen LogP contribution in [0.5, 0.6) is 0 Å². The third-order valence-electron chi connectivity index (χ3n) is 1.38. The normalized spacial score (nSPS) is 9.55. The van der Waals surface area contributed by atoms with Gasteiger partial charge in [-0.05, 0) is 11.5 Å². The Labute approximate surface area is 97.8 Å². The molecule has 2 rings (SSSR count). The van der Waals surface area contributed by atoms with Crippen LogP contribution in [0, 0.1) is 35.6 Å². The Morgan fingerprint density at radius 2 is 2.18 bits per heavy atom. The average molecular weight is 288 g/mol. The maximum absolute atomic E-state index is 4.17. The van der Waals surface area contributed by atoms with Crippen molar-refractivity contribution in [3.63, 3.8) is 0 Å². The third-order valence-corrected chi connectivity index (χ3v) is 1.65. The van der Waals surface area contributed by atoms with Gasteiger partial charge in [0.25, 0.3) is 0 Å². The molecule has 4 heteroatoms. The number of rotatable bonds is 0. The summed E-state index contributed by atoms with van der Waals surface area (Å²) in [4.78, 5) is 0.924. The first-order valence-corrected chi connectivity index (χ1v) is 3.38. The molecule has 0 saturated heterocycles. The molecule has 0 aliphatic rings. The Morgan fingerprint density at radius 3 is 3.00 bits per heavy atom. The van der Waals surface area contributed by atoms with Crippen molar-refractivity contribution in [2.45, 2.75) is 4.90 Å². The Morgan fingerprint density at radius 1 is 1.36 bits per heavy atom. The van der Waals surface area contributed by atoms with Gasteiger partial charge in [-0.15, -0.1) is 18.1 Å². The summed E-state index contributed by atoms with van der Waals surface area (Å²) in [7, 11) is 0. The molecule has 2 aromatic rings. The van der Waals surface area contributed by atoms with Gasteiger partial charge in [-0.2, -0.15) is 0 Å². The number of nitrogens with zero attached hydrogens (tertiary/aromatic N) is 2. The summed E-state index contributed by atoms with van der Waals surface area (Å²) in [5.74, 6) is 0. The van der Waals surface area contributed by atoms with Gasteiger partial charge in [0.1, 0.15) is 0 Å². The number of hydrogen-bond donors (Lipinski definition) is 1. The zero-order valence-electron chi connectivity index (χ0n) is 5.73. The van der Waals surface area contributed by atoms with E-state index < -0.39 is 0 Å².